The zero-order valence-corrected chi connectivity index (χ0v) is 9.96. The van der Waals surface area contributed by atoms with E-state index in [2.05, 4.69) is 10.3 Å². The maximum absolute atomic E-state index is 9.40. The highest BCUT2D eigenvalue weighted by molar-refractivity contribution is 5.36. The minimum atomic E-state index is 0.252. The van der Waals surface area contributed by atoms with E-state index in [0.717, 1.165) is 11.3 Å². The molecule has 0 spiro atoms. The molecule has 1 heterocycles. The van der Waals surface area contributed by atoms with E-state index >= 15 is 0 Å². The minimum Gasteiger partial charge on any atom is -0.508 e. The number of benzene rings is 1. The first-order valence-corrected chi connectivity index (χ1v) is 5.54. The standard InChI is InChI=1S/C12H16N4O/c1-8(2)11-12(13)14-15-16(11)7-9-4-3-5-10(17)6-9/h3-6,8,17H,7,13H2,1-2H3. The quantitative estimate of drug-likeness (QED) is 0.845. The molecule has 0 aliphatic rings. The molecule has 0 bridgehead atoms. The van der Waals surface area contributed by atoms with Crippen LogP contribution >= 0.6 is 0 Å². The highest BCUT2D eigenvalue weighted by atomic mass is 16.3. The monoisotopic (exact) mass is 232 g/mol. The van der Waals surface area contributed by atoms with E-state index in [9.17, 15) is 5.11 Å². The summed E-state index contributed by atoms with van der Waals surface area (Å²) in [6, 6.07) is 7.09. The molecule has 5 heteroatoms. The number of aromatic hydroxyl groups is 1. The molecule has 0 saturated heterocycles. The number of anilines is 1. The zero-order valence-electron chi connectivity index (χ0n) is 9.96. The largest absolute Gasteiger partial charge is 0.508 e. The van der Waals surface area contributed by atoms with Crippen LogP contribution in [0.1, 0.15) is 31.0 Å². The molecule has 1 aromatic carbocycles. The molecule has 3 N–H and O–H groups in total. The molecule has 0 atom stereocenters. The summed E-state index contributed by atoms with van der Waals surface area (Å²) in [5.74, 6) is 0.990. The van der Waals surface area contributed by atoms with Gasteiger partial charge in [-0.05, 0) is 23.6 Å². The Bertz CT molecular complexity index is 519. The van der Waals surface area contributed by atoms with Gasteiger partial charge in [0.25, 0.3) is 0 Å². The molecule has 0 unspecified atom stereocenters. The average molecular weight is 232 g/mol. The summed E-state index contributed by atoms with van der Waals surface area (Å²) in [7, 11) is 0. The highest BCUT2D eigenvalue weighted by Crippen LogP contribution is 2.20. The lowest BCUT2D eigenvalue weighted by Gasteiger charge is -2.09. The highest BCUT2D eigenvalue weighted by Gasteiger charge is 2.13. The molecule has 2 aromatic rings. The minimum absolute atomic E-state index is 0.252. The number of hydrogen-bond donors (Lipinski definition) is 2. The third kappa shape index (κ3) is 2.38. The molecule has 0 fully saturated rings. The number of nitrogen functional groups attached to an aromatic ring is 1. The molecule has 0 aliphatic heterocycles. The smallest absolute Gasteiger partial charge is 0.169 e. The summed E-state index contributed by atoms with van der Waals surface area (Å²) in [6.45, 7) is 4.66. The van der Waals surface area contributed by atoms with Crippen molar-refractivity contribution in [1.82, 2.24) is 15.0 Å². The van der Waals surface area contributed by atoms with E-state index in [0.29, 0.717) is 12.4 Å². The maximum atomic E-state index is 9.40. The van der Waals surface area contributed by atoms with Crippen molar-refractivity contribution in [2.45, 2.75) is 26.3 Å². The number of hydrogen-bond acceptors (Lipinski definition) is 4. The van der Waals surface area contributed by atoms with E-state index in [-0.39, 0.29) is 11.7 Å². The van der Waals surface area contributed by atoms with Gasteiger partial charge in [-0.3, -0.25) is 0 Å². The Morgan fingerprint density at radius 2 is 2.18 bits per heavy atom. The van der Waals surface area contributed by atoms with Gasteiger partial charge >= 0.3 is 0 Å². The second-order valence-corrected chi connectivity index (χ2v) is 4.34. The second-order valence-electron chi connectivity index (χ2n) is 4.34. The van der Waals surface area contributed by atoms with Crippen molar-refractivity contribution in [3.63, 3.8) is 0 Å². The fourth-order valence-corrected chi connectivity index (χ4v) is 1.87. The van der Waals surface area contributed by atoms with Crippen LogP contribution in [0.25, 0.3) is 0 Å². The summed E-state index contributed by atoms with van der Waals surface area (Å²) in [5, 5.41) is 17.3. The van der Waals surface area contributed by atoms with Crippen LogP contribution in [0, 0.1) is 0 Å². The molecule has 17 heavy (non-hydrogen) atoms. The first-order valence-electron chi connectivity index (χ1n) is 5.54. The van der Waals surface area contributed by atoms with Crippen molar-refractivity contribution in [2.75, 3.05) is 5.73 Å². The van der Waals surface area contributed by atoms with Gasteiger partial charge in [-0.2, -0.15) is 0 Å². The third-order valence-corrected chi connectivity index (χ3v) is 2.59. The van der Waals surface area contributed by atoms with Crippen LogP contribution in [0.3, 0.4) is 0 Å². The zero-order chi connectivity index (χ0) is 12.4. The van der Waals surface area contributed by atoms with Gasteiger partial charge in [0, 0.05) is 0 Å². The van der Waals surface area contributed by atoms with Gasteiger partial charge in [0.1, 0.15) is 5.75 Å². The van der Waals surface area contributed by atoms with E-state index in [1.54, 1.807) is 22.9 Å². The van der Waals surface area contributed by atoms with Crippen LogP contribution in [-0.2, 0) is 6.54 Å². The van der Waals surface area contributed by atoms with Gasteiger partial charge < -0.3 is 10.8 Å². The Labute approximate surface area is 99.9 Å². The van der Waals surface area contributed by atoms with Crippen LogP contribution < -0.4 is 5.73 Å². The fraction of sp³-hybridized carbons (Fsp3) is 0.333. The molecule has 0 saturated carbocycles. The summed E-state index contributed by atoms with van der Waals surface area (Å²) < 4.78 is 1.77. The Hall–Kier alpha value is -2.04. The Morgan fingerprint density at radius 3 is 2.82 bits per heavy atom. The Balaban J connectivity index is 2.30. The molecule has 5 nitrogen and oxygen atoms in total. The molecule has 1 aromatic heterocycles. The molecular weight excluding hydrogens is 216 g/mol. The molecule has 0 aliphatic carbocycles. The van der Waals surface area contributed by atoms with Crippen LogP contribution in [0.5, 0.6) is 5.75 Å². The first kappa shape index (κ1) is 11.4. The Morgan fingerprint density at radius 1 is 1.41 bits per heavy atom. The lowest BCUT2D eigenvalue weighted by atomic mass is 10.1. The van der Waals surface area contributed by atoms with E-state index in [1.165, 1.54) is 0 Å². The summed E-state index contributed by atoms with van der Waals surface area (Å²) in [5.41, 5.74) is 7.68. The number of aromatic nitrogens is 3. The van der Waals surface area contributed by atoms with Crippen LogP contribution in [0.15, 0.2) is 24.3 Å². The number of phenolic OH excluding ortho intramolecular Hbond substituents is 1. The summed E-state index contributed by atoms with van der Waals surface area (Å²) >= 11 is 0. The predicted molar refractivity (Wildman–Crippen MR) is 65.7 cm³/mol. The van der Waals surface area contributed by atoms with Crippen molar-refractivity contribution >= 4 is 5.82 Å². The molecular formula is C12H16N4O. The molecule has 2 rings (SSSR count). The number of nitrogens with two attached hydrogens (primary N) is 1. The summed E-state index contributed by atoms with van der Waals surface area (Å²) in [6.07, 6.45) is 0. The van der Waals surface area contributed by atoms with Gasteiger partial charge in [0.05, 0.1) is 12.2 Å². The van der Waals surface area contributed by atoms with Gasteiger partial charge in [0.15, 0.2) is 5.82 Å². The van der Waals surface area contributed by atoms with Gasteiger partial charge in [-0.25, -0.2) is 4.68 Å². The predicted octanol–water partition coefficient (Wildman–Crippen LogP) is 1.74. The molecule has 0 radical (unpaired) electrons. The Kier molecular flexibility index (Phi) is 2.99. The van der Waals surface area contributed by atoms with E-state index in [4.69, 9.17) is 5.73 Å². The van der Waals surface area contributed by atoms with Crippen molar-refractivity contribution in [2.24, 2.45) is 0 Å². The number of phenols is 1. The normalized spacial score (nSPS) is 11.0. The third-order valence-electron chi connectivity index (χ3n) is 2.59. The topological polar surface area (TPSA) is 77.0 Å². The van der Waals surface area contributed by atoms with Crippen molar-refractivity contribution in [1.29, 1.82) is 0 Å². The lowest BCUT2D eigenvalue weighted by molar-refractivity contribution is 0.473. The number of rotatable bonds is 3. The molecule has 0 amide bonds. The first-order chi connectivity index (χ1) is 8.08. The van der Waals surface area contributed by atoms with Crippen molar-refractivity contribution in [3.8, 4) is 5.75 Å². The van der Waals surface area contributed by atoms with Crippen LogP contribution in [0.4, 0.5) is 5.82 Å². The van der Waals surface area contributed by atoms with Crippen molar-refractivity contribution < 1.29 is 5.11 Å². The van der Waals surface area contributed by atoms with Gasteiger partial charge in [-0.15, -0.1) is 5.10 Å². The second kappa shape index (κ2) is 4.45. The number of nitrogens with zero attached hydrogens (tertiary/aromatic N) is 3. The van der Waals surface area contributed by atoms with Crippen molar-refractivity contribution in [3.05, 3.63) is 35.5 Å². The van der Waals surface area contributed by atoms with Crippen LogP contribution in [-0.4, -0.2) is 20.1 Å². The fourth-order valence-electron chi connectivity index (χ4n) is 1.87. The van der Waals surface area contributed by atoms with Crippen LogP contribution in [0.2, 0.25) is 0 Å². The average Bonchev–Trinajstić information content (AvgIpc) is 2.59. The molecule has 90 valence electrons. The summed E-state index contributed by atoms with van der Waals surface area (Å²) in [4.78, 5) is 0. The SMILES string of the molecule is CC(C)c1c(N)nnn1Cc1cccc(O)c1. The van der Waals surface area contributed by atoms with E-state index < -0.39 is 0 Å². The van der Waals surface area contributed by atoms with Gasteiger partial charge in [-0.1, -0.05) is 31.2 Å². The maximum Gasteiger partial charge on any atom is 0.169 e. The lowest BCUT2D eigenvalue weighted by Crippen LogP contribution is -2.08. The van der Waals surface area contributed by atoms with Gasteiger partial charge in [0.2, 0.25) is 0 Å². The van der Waals surface area contributed by atoms with E-state index in [1.807, 2.05) is 19.9 Å².